The van der Waals surface area contributed by atoms with Crippen LogP contribution in [0.1, 0.15) is 22.5 Å². The molecule has 1 aromatic carbocycles. The van der Waals surface area contributed by atoms with Gasteiger partial charge in [-0.3, -0.25) is 14.4 Å². The van der Waals surface area contributed by atoms with E-state index in [2.05, 4.69) is 26.6 Å². The van der Waals surface area contributed by atoms with E-state index in [1.54, 1.807) is 24.3 Å². The quantitative estimate of drug-likeness (QED) is 0.611. The van der Waals surface area contributed by atoms with Crippen molar-refractivity contribution in [3.05, 3.63) is 64.2 Å². The molecule has 2 aromatic rings. The lowest BCUT2D eigenvalue weighted by molar-refractivity contribution is -0.136. The fourth-order valence-electron chi connectivity index (χ4n) is 1.89. The second-order valence-electron chi connectivity index (χ2n) is 4.94. The third kappa shape index (κ3) is 5.92. The molecule has 0 spiro atoms. The zero-order chi connectivity index (χ0) is 18.2. The predicted octanol–water partition coefficient (Wildman–Crippen LogP) is 2.40. The zero-order valence-electron chi connectivity index (χ0n) is 13.0. The molecule has 0 saturated carbocycles. The lowest BCUT2D eigenvalue weighted by Crippen LogP contribution is -2.35. The lowest BCUT2D eigenvalue weighted by Gasteiger charge is -2.10. The predicted molar refractivity (Wildman–Crippen MR) is 93.6 cm³/mol. The molecular weight excluding hydrogens is 392 g/mol. The molecule has 0 saturated heterocycles. The minimum absolute atomic E-state index is 0.0233. The van der Waals surface area contributed by atoms with Crippen molar-refractivity contribution < 1.29 is 23.9 Å². The van der Waals surface area contributed by atoms with Gasteiger partial charge in [0.25, 0.3) is 11.8 Å². The Morgan fingerprint density at radius 2 is 2.00 bits per heavy atom. The van der Waals surface area contributed by atoms with E-state index in [1.165, 1.54) is 18.4 Å². The summed E-state index contributed by atoms with van der Waals surface area (Å²) in [6, 6.07) is 10.2. The smallest absolute Gasteiger partial charge is 0.305 e. The van der Waals surface area contributed by atoms with Crippen molar-refractivity contribution in [2.24, 2.45) is 0 Å². The Morgan fingerprint density at radius 1 is 1.20 bits per heavy atom. The van der Waals surface area contributed by atoms with Crippen molar-refractivity contribution in [1.29, 1.82) is 0 Å². The van der Waals surface area contributed by atoms with Crippen molar-refractivity contribution in [3.63, 3.8) is 0 Å². The van der Waals surface area contributed by atoms with E-state index in [4.69, 9.17) is 9.52 Å². The molecule has 3 N–H and O–H groups in total. The van der Waals surface area contributed by atoms with Crippen LogP contribution in [0.4, 0.5) is 0 Å². The molecule has 25 heavy (non-hydrogen) atoms. The Kier molecular flexibility index (Phi) is 6.53. The summed E-state index contributed by atoms with van der Waals surface area (Å²) in [7, 11) is 0. The highest BCUT2D eigenvalue weighted by molar-refractivity contribution is 9.10. The summed E-state index contributed by atoms with van der Waals surface area (Å²) in [4.78, 5) is 35.0. The van der Waals surface area contributed by atoms with Gasteiger partial charge in [0.2, 0.25) is 0 Å². The molecule has 0 aliphatic carbocycles. The van der Waals surface area contributed by atoms with Crippen LogP contribution in [-0.4, -0.2) is 29.4 Å². The SMILES string of the molecule is O=C(O)CCNC(=O)/C(=C/c1cccc(Br)c1)NC(=O)c1ccco1. The Balaban J connectivity index is 2.19. The highest BCUT2D eigenvalue weighted by Gasteiger charge is 2.16. The Labute approximate surface area is 151 Å². The highest BCUT2D eigenvalue weighted by atomic mass is 79.9. The van der Waals surface area contributed by atoms with Crippen molar-refractivity contribution in [2.45, 2.75) is 6.42 Å². The fraction of sp³-hybridized carbons (Fsp3) is 0.118. The first-order valence-corrected chi connectivity index (χ1v) is 8.07. The maximum atomic E-state index is 12.3. The van der Waals surface area contributed by atoms with Crippen LogP contribution in [0.5, 0.6) is 0 Å². The largest absolute Gasteiger partial charge is 0.481 e. The normalized spacial score (nSPS) is 11.0. The second-order valence-corrected chi connectivity index (χ2v) is 5.86. The average Bonchev–Trinajstić information content (AvgIpc) is 3.08. The standard InChI is InChI=1S/C17H15BrN2O5/c18-12-4-1-3-11(9-12)10-13(16(23)19-7-6-15(21)22)20-17(24)14-5-2-8-25-14/h1-5,8-10H,6-7H2,(H,19,23)(H,20,24)(H,21,22)/b13-10-. The van der Waals surface area contributed by atoms with Gasteiger partial charge < -0.3 is 20.2 Å². The molecule has 7 nitrogen and oxygen atoms in total. The van der Waals surface area contributed by atoms with Crippen LogP contribution < -0.4 is 10.6 Å². The molecule has 0 unspecified atom stereocenters. The number of nitrogens with one attached hydrogen (secondary N) is 2. The molecule has 2 amide bonds. The molecule has 0 radical (unpaired) electrons. The maximum absolute atomic E-state index is 12.3. The fourth-order valence-corrected chi connectivity index (χ4v) is 2.31. The molecule has 1 heterocycles. The number of benzene rings is 1. The van der Waals surface area contributed by atoms with Gasteiger partial charge in [0, 0.05) is 11.0 Å². The maximum Gasteiger partial charge on any atom is 0.305 e. The van der Waals surface area contributed by atoms with E-state index < -0.39 is 17.8 Å². The zero-order valence-corrected chi connectivity index (χ0v) is 14.6. The number of hydrogen-bond donors (Lipinski definition) is 3. The van der Waals surface area contributed by atoms with Crippen LogP contribution in [0.3, 0.4) is 0 Å². The summed E-state index contributed by atoms with van der Waals surface area (Å²) >= 11 is 3.33. The number of carboxylic acids is 1. The van der Waals surface area contributed by atoms with Gasteiger partial charge in [-0.15, -0.1) is 0 Å². The molecule has 0 aliphatic rings. The summed E-state index contributed by atoms with van der Waals surface area (Å²) in [5.74, 6) is -2.16. The molecule has 0 fully saturated rings. The summed E-state index contributed by atoms with van der Waals surface area (Å²) in [5, 5.41) is 13.6. The van der Waals surface area contributed by atoms with Crippen LogP contribution in [0.25, 0.3) is 6.08 Å². The van der Waals surface area contributed by atoms with E-state index in [0.717, 1.165) is 4.47 Å². The van der Waals surface area contributed by atoms with Crippen LogP contribution in [0.2, 0.25) is 0 Å². The van der Waals surface area contributed by atoms with Gasteiger partial charge in [-0.2, -0.15) is 0 Å². The van der Waals surface area contributed by atoms with E-state index in [1.807, 2.05) is 6.07 Å². The lowest BCUT2D eigenvalue weighted by atomic mass is 10.2. The van der Waals surface area contributed by atoms with Crippen LogP contribution in [0.15, 0.2) is 57.2 Å². The van der Waals surface area contributed by atoms with Crippen LogP contribution in [0, 0.1) is 0 Å². The van der Waals surface area contributed by atoms with Gasteiger partial charge in [0.15, 0.2) is 5.76 Å². The number of halogens is 1. The first-order chi connectivity index (χ1) is 12.0. The van der Waals surface area contributed by atoms with Gasteiger partial charge in [-0.05, 0) is 35.9 Å². The number of amides is 2. The molecule has 0 aliphatic heterocycles. The number of carbonyl (C=O) groups excluding carboxylic acids is 2. The average molecular weight is 407 g/mol. The van der Waals surface area contributed by atoms with Crippen molar-refractivity contribution >= 4 is 39.8 Å². The minimum Gasteiger partial charge on any atom is -0.481 e. The van der Waals surface area contributed by atoms with E-state index in [0.29, 0.717) is 5.56 Å². The van der Waals surface area contributed by atoms with E-state index in [-0.39, 0.29) is 24.4 Å². The topological polar surface area (TPSA) is 109 Å². The molecule has 0 atom stereocenters. The van der Waals surface area contributed by atoms with Gasteiger partial charge in [0.1, 0.15) is 5.70 Å². The molecule has 1 aromatic heterocycles. The molecular formula is C17H15BrN2O5. The van der Waals surface area contributed by atoms with Crippen molar-refractivity contribution in [1.82, 2.24) is 10.6 Å². The number of carboxylic acid groups (broad SMARTS) is 1. The number of furan rings is 1. The van der Waals surface area contributed by atoms with Gasteiger partial charge >= 0.3 is 5.97 Å². The summed E-state index contributed by atoms with van der Waals surface area (Å²) in [5.41, 5.74) is 0.655. The molecule has 2 rings (SSSR count). The van der Waals surface area contributed by atoms with E-state index in [9.17, 15) is 14.4 Å². The molecule has 8 heteroatoms. The summed E-state index contributed by atoms with van der Waals surface area (Å²) in [6.07, 6.45) is 2.61. The van der Waals surface area contributed by atoms with Crippen LogP contribution >= 0.6 is 15.9 Å². The highest BCUT2D eigenvalue weighted by Crippen LogP contribution is 2.14. The number of hydrogen-bond acceptors (Lipinski definition) is 4. The van der Waals surface area contributed by atoms with Gasteiger partial charge in [0.05, 0.1) is 12.7 Å². The van der Waals surface area contributed by atoms with E-state index >= 15 is 0 Å². The Bertz CT molecular complexity index is 799. The number of aliphatic carboxylic acids is 1. The second kappa shape index (κ2) is 8.84. The summed E-state index contributed by atoms with van der Waals surface area (Å²) in [6.45, 7) is -0.0549. The first-order valence-electron chi connectivity index (χ1n) is 7.28. The third-order valence-electron chi connectivity index (χ3n) is 3.02. The molecule has 0 bridgehead atoms. The molecule has 130 valence electrons. The van der Waals surface area contributed by atoms with Gasteiger partial charge in [-0.1, -0.05) is 28.1 Å². The number of rotatable bonds is 7. The Morgan fingerprint density at radius 3 is 2.64 bits per heavy atom. The van der Waals surface area contributed by atoms with Gasteiger partial charge in [-0.25, -0.2) is 0 Å². The summed E-state index contributed by atoms with van der Waals surface area (Å²) < 4.78 is 5.81. The Hall–Kier alpha value is -2.87. The van der Waals surface area contributed by atoms with Crippen LogP contribution in [-0.2, 0) is 9.59 Å². The first kappa shape index (κ1) is 18.5. The number of carbonyl (C=O) groups is 3. The monoisotopic (exact) mass is 406 g/mol. The van der Waals surface area contributed by atoms with Crippen molar-refractivity contribution in [2.75, 3.05) is 6.54 Å². The minimum atomic E-state index is -1.03. The third-order valence-corrected chi connectivity index (χ3v) is 3.52. The van der Waals surface area contributed by atoms with Crippen molar-refractivity contribution in [3.8, 4) is 0 Å².